The largest absolute Gasteiger partial charge is 0.464 e. The molecule has 1 amide bonds. The normalized spacial score (nSPS) is 12.4. The van der Waals surface area contributed by atoms with Gasteiger partial charge in [-0.15, -0.1) is 0 Å². The smallest absolute Gasteiger partial charge is 0.268 e. The van der Waals surface area contributed by atoms with Gasteiger partial charge in [0.25, 0.3) is 5.91 Å². The zero-order valence-electron chi connectivity index (χ0n) is 9.78. The summed E-state index contributed by atoms with van der Waals surface area (Å²) in [5.41, 5.74) is 6.51. The number of rotatable bonds is 3. The number of carbonyl (C=O) groups is 1. The quantitative estimate of drug-likeness (QED) is 0.758. The molecule has 0 radical (unpaired) electrons. The summed E-state index contributed by atoms with van der Waals surface area (Å²) in [6.45, 7) is 3.73. The van der Waals surface area contributed by atoms with Crippen molar-refractivity contribution in [2.45, 2.75) is 19.9 Å². The number of nitrogens with one attached hydrogen (secondary N) is 2. The Morgan fingerprint density at radius 2 is 2.29 bits per heavy atom. The van der Waals surface area contributed by atoms with Crippen molar-refractivity contribution in [1.82, 2.24) is 10.3 Å². The van der Waals surface area contributed by atoms with Crippen LogP contribution in [-0.4, -0.2) is 10.9 Å². The van der Waals surface area contributed by atoms with Gasteiger partial charge in [-0.3, -0.25) is 4.79 Å². The first kappa shape index (κ1) is 11.3. The van der Waals surface area contributed by atoms with E-state index in [2.05, 4.69) is 10.3 Å². The minimum Gasteiger partial charge on any atom is -0.464 e. The van der Waals surface area contributed by atoms with E-state index in [-0.39, 0.29) is 11.9 Å². The van der Waals surface area contributed by atoms with Gasteiger partial charge in [-0.25, -0.2) is 0 Å². The molecule has 2 aromatic heterocycles. The summed E-state index contributed by atoms with van der Waals surface area (Å²) in [5, 5.41) is 2.82. The molecule has 0 bridgehead atoms. The van der Waals surface area contributed by atoms with Gasteiger partial charge < -0.3 is 20.5 Å². The molecule has 0 aromatic carbocycles. The number of nitrogen functional groups attached to an aromatic ring is 1. The number of aryl methyl sites for hydroxylation is 1. The Labute approximate surface area is 99.0 Å². The van der Waals surface area contributed by atoms with E-state index < -0.39 is 0 Å². The van der Waals surface area contributed by atoms with Gasteiger partial charge in [-0.1, -0.05) is 0 Å². The summed E-state index contributed by atoms with van der Waals surface area (Å²) in [4.78, 5) is 14.6. The van der Waals surface area contributed by atoms with Gasteiger partial charge >= 0.3 is 0 Å². The van der Waals surface area contributed by atoms with Crippen LogP contribution in [0.25, 0.3) is 0 Å². The number of carbonyl (C=O) groups excluding carboxylic acids is 1. The highest BCUT2D eigenvalue weighted by molar-refractivity contribution is 5.93. The second-order valence-corrected chi connectivity index (χ2v) is 3.99. The van der Waals surface area contributed by atoms with Crippen molar-refractivity contribution < 1.29 is 9.21 Å². The van der Waals surface area contributed by atoms with Crippen molar-refractivity contribution in [3.63, 3.8) is 0 Å². The van der Waals surface area contributed by atoms with Crippen LogP contribution in [-0.2, 0) is 0 Å². The monoisotopic (exact) mass is 233 g/mol. The number of H-pyrrole nitrogens is 1. The molecular formula is C12H15N3O2. The second-order valence-electron chi connectivity index (χ2n) is 3.99. The standard InChI is InChI=1S/C12H15N3O2/c1-7-3-4-11(17-7)8(2)15-12(16)10-5-9(13)6-14-10/h3-6,8,14H,13H2,1-2H3,(H,15,16). The van der Waals surface area contributed by atoms with E-state index in [1.165, 1.54) is 0 Å². The van der Waals surface area contributed by atoms with Gasteiger partial charge in [-0.2, -0.15) is 0 Å². The Balaban J connectivity index is 2.04. The number of aromatic amines is 1. The van der Waals surface area contributed by atoms with E-state index in [0.29, 0.717) is 11.4 Å². The third-order valence-electron chi connectivity index (χ3n) is 2.49. The van der Waals surface area contributed by atoms with Crippen LogP contribution in [0, 0.1) is 6.92 Å². The van der Waals surface area contributed by atoms with Crippen molar-refractivity contribution in [2.75, 3.05) is 5.73 Å². The summed E-state index contributed by atoms with van der Waals surface area (Å²) in [5.74, 6) is 1.35. The number of hydrogen-bond acceptors (Lipinski definition) is 3. The fourth-order valence-electron chi connectivity index (χ4n) is 1.57. The fraction of sp³-hybridized carbons (Fsp3) is 0.250. The van der Waals surface area contributed by atoms with Crippen LogP contribution in [0.3, 0.4) is 0 Å². The van der Waals surface area contributed by atoms with Crippen molar-refractivity contribution in [1.29, 1.82) is 0 Å². The van der Waals surface area contributed by atoms with Crippen molar-refractivity contribution in [3.05, 3.63) is 41.6 Å². The van der Waals surface area contributed by atoms with E-state index in [1.54, 1.807) is 12.3 Å². The molecule has 0 spiro atoms. The van der Waals surface area contributed by atoms with E-state index in [0.717, 1.165) is 11.5 Å². The van der Waals surface area contributed by atoms with Crippen LogP contribution in [0.1, 0.15) is 35.0 Å². The lowest BCUT2D eigenvalue weighted by Crippen LogP contribution is -2.26. The van der Waals surface area contributed by atoms with Crippen molar-refractivity contribution in [2.24, 2.45) is 0 Å². The lowest BCUT2D eigenvalue weighted by atomic mass is 10.2. The zero-order valence-corrected chi connectivity index (χ0v) is 9.78. The highest BCUT2D eigenvalue weighted by Crippen LogP contribution is 2.16. The van der Waals surface area contributed by atoms with Crippen LogP contribution in [0.5, 0.6) is 0 Å². The molecular weight excluding hydrogens is 218 g/mol. The first-order valence-corrected chi connectivity index (χ1v) is 5.37. The van der Waals surface area contributed by atoms with Crippen molar-refractivity contribution >= 4 is 11.6 Å². The highest BCUT2D eigenvalue weighted by Gasteiger charge is 2.14. The molecule has 0 fully saturated rings. The fourth-order valence-corrected chi connectivity index (χ4v) is 1.57. The van der Waals surface area contributed by atoms with Crippen LogP contribution >= 0.6 is 0 Å². The highest BCUT2D eigenvalue weighted by atomic mass is 16.3. The lowest BCUT2D eigenvalue weighted by molar-refractivity contribution is 0.0930. The van der Waals surface area contributed by atoms with E-state index in [4.69, 9.17) is 10.2 Å². The van der Waals surface area contributed by atoms with Gasteiger partial charge in [0.05, 0.1) is 6.04 Å². The molecule has 2 rings (SSSR count). The summed E-state index contributed by atoms with van der Waals surface area (Å²) in [6.07, 6.45) is 1.58. The van der Waals surface area contributed by atoms with E-state index in [9.17, 15) is 4.79 Å². The maximum Gasteiger partial charge on any atom is 0.268 e. The lowest BCUT2D eigenvalue weighted by Gasteiger charge is -2.10. The molecule has 0 aliphatic heterocycles. The maximum absolute atomic E-state index is 11.8. The Kier molecular flexibility index (Phi) is 2.91. The van der Waals surface area contributed by atoms with Crippen LogP contribution in [0.2, 0.25) is 0 Å². The Morgan fingerprint density at radius 1 is 1.53 bits per heavy atom. The molecule has 2 heterocycles. The summed E-state index contributed by atoms with van der Waals surface area (Å²) < 4.78 is 5.44. The predicted octanol–water partition coefficient (Wildman–Crippen LogP) is 1.99. The third-order valence-corrected chi connectivity index (χ3v) is 2.49. The minimum absolute atomic E-state index is 0.180. The molecule has 0 aliphatic rings. The Bertz CT molecular complexity index is 527. The molecule has 0 saturated carbocycles. The molecule has 5 nitrogen and oxygen atoms in total. The summed E-state index contributed by atoms with van der Waals surface area (Å²) >= 11 is 0. The van der Waals surface area contributed by atoms with Gasteiger partial charge in [-0.05, 0) is 32.0 Å². The number of anilines is 1. The minimum atomic E-state index is -0.205. The van der Waals surface area contributed by atoms with Crippen LogP contribution in [0.15, 0.2) is 28.8 Å². The SMILES string of the molecule is Cc1ccc(C(C)NC(=O)c2cc(N)c[nH]2)o1. The van der Waals surface area contributed by atoms with E-state index >= 15 is 0 Å². The molecule has 5 heteroatoms. The predicted molar refractivity (Wildman–Crippen MR) is 64.5 cm³/mol. The average Bonchev–Trinajstić information content (AvgIpc) is 2.87. The Hall–Kier alpha value is -2.17. The van der Waals surface area contributed by atoms with Crippen LogP contribution < -0.4 is 11.1 Å². The molecule has 1 unspecified atom stereocenters. The average molecular weight is 233 g/mol. The maximum atomic E-state index is 11.8. The second kappa shape index (κ2) is 4.37. The zero-order chi connectivity index (χ0) is 12.4. The number of hydrogen-bond donors (Lipinski definition) is 3. The van der Waals surface area contributed by atoms with Gasteiger partial charge in [0, 0.05) is 11.9 Å². The molecule has 2 aromatic rings. The van der Waals surface area contributed by atoms with Gasteiger partial charge in [0.15, 0.2) is 0 Å². The molecule has 17 heavy (non-hydrogen) atoms. The number of nitrogens with two attached hydrogens (primary N) is 1. The summed E-state index contributed by atoms with van der Waals surface area (Å²) in [6, 6.07) is 5.13. The Morgan fingerprint density at radius 3 is 2.82 bits per heavy atom. The molecule has 4 N–H and O–H groups in total. The van der Waals surface area contributed by atoms with Gasteiger partial charge in [0.1, 0.15) is 17.2 Å². The first-order valence-electron chi connectivity index (χ1n) is 5.37. The van der Waals surface area contributed by atoms with E-state index in [1.807, 2.05) is 26.0 Å². The van der Waals surface area contributed by atoms with Crippen LogP contribution in [0.4, 0.5) is 5.69 Å². The molecule has 1 atom stereocenters. The summed E-state index contributed by atoms with van der Waals surface area (Å²) in [7, 11) is 0. The first-order chi connectivity index (χ1) is 8.06. The van der Waals surface area contributed by atoms with Crippen molar-refractivity contribution in [3.8, 4) is 0 Å². The molecule has 0 saturated heterocycles. The molecule has 90 valence electrons. The number of furan rings is 1. The van der Waals surface area contributed by atoms with Gasteiger partial charge in [0.2, 0.25) is 0 Å². The topological polar surface area (TPSA) is 84.0 Å². The third kappa shape index (κ3) is 2.50. The number of aromatic nitrogens is 1. The molecule has 0 aliphatic carbocycles. The number of amides is 1.